The van der Waals surface area contributed by atoms with Crippen molar-refractivity contribution in [2.45, 2.75) is 39.3 Å². The predicted octanol–water partition coefficient (Wildman–Crippen LogP) is 5.19. The Morgan fingerprint density at radius 3 is 2.72 bits per heavy atom. The van der Waals surface area contributed by atoms with Crippen LogP contribution in [0.15, 0.2) is 47.6 Å². The fourth-order valence-corrected chi connectivity index (χ4v) is 3.46. The van der Waals surface area contributed by atoms with Crippen LogP contribution in [0.4, 0.5) is 8.78 Å². The van der Waals surface area contributed by atoms with Gasteiger partial charge in [-0.15, -0.1) is 0 Å². The first-order chi connectivity index (χ1) is 13.8. The average Bonchev–Trinajstić information content (AvgIpc) is 3.11. The maximum absolute atomic E-state index is 14.1. The lowest BCUT2D eigenvalue weighted by Crippen LogP contribution is -2.38. The van der Waals surface area contributed by atoms with E-state index in [0.29, 0.717) is 23.6 Å². The van der Waals surface area contributed by atoms with Crippen molar-refractivity contribution in [3.05, 3.63) is 70.2 Å². The number of nitrogens with zero attached hydrogens (tertiary/aromatic N) is 2. The van der Waals surface area contributed by atoms with Gasteiger partial charge in [0.1, 0.15) is 11.6 Å². The number of benzene rings is 2. The molecular formula is C22H23ClF2N2O2. The summed E-state index contributed by atoms with van der Waals surface area (Å²) >= 11 is 6.23. The summed E-state index contributed by atoms with van der Waals surface area (Å²) in [5.41, 5.74) is 1.76. The second kappa shape index (κ2) is 9.35. The summed E-state index contributed by atoms with van der Waals surface area (Å²) in [6, 6.07) is 10.7. The Labute approximate surface area is 174 Å². The maximum atomic E-state index is 14.1. The Bertz CT molecular complexity index is 917. The fourth-order valence-electron chi connectivity index (χ4n) is 3.21. The molecule has 1 heterocycles. The molecule has 1 aliphatic rings. The average molecular weight is 421 g/mol. The summed E-state index contributed by atoms with van der Waals surface area (Å²) in [6.07, 6.45) is 0.454. The summed E-state index contributed by atoms with van der Waals surface area (Å²) in [5.74, 6) is -1.28. The largest absolute Gasteiger partial charge is 0.390 e. The summed E-state index contributed by atoms with van der Waals surface area (Å²) < 4.78 is 27.3. The van der Waals surface area contributed by atoms with E-state index in [1.54, 1.807) is 11.0 Å². The second-order valence-electron chi connectivity index (χ2n) is 7.56. The summed E-state index contributed by atoms with van der Waals surface area (Å²) in [7, 11) is 0. The van der Waals surface area contributed by atoms with Crippen molar-refractivity contribution in [3.63, 3.8) is 0 Å². The third-order valence-corrected chi connectivity index (χ3v) is 4.98. The van der Waals surface area contributed by atoms with E-state index in [4.69, 9.17) is 16.4 Å². The number of hydrogen-bond donors (Lipinski definition) is 0. The molecule has 0 saturated carbocycles. The Balaban J connectivity index is 1.72. The molecule has 2 aromatic rings. The van der Waals surface area contributed by atoms with Gasteiger partial charge in [0.25, 0.3) is 0 Å². The molecule has 7 heteroatoms. The molecule has 0 saturated heterocycles. The van der Waals surface area contributed by atoms with Crippen LogP contribution >= 0.6 is 11.6 Å². The van der Waals surface area contributed by atoms with E-state index in [2.05, 4.69) is 5.16 Å². The highest BCUT2D eigenvalue weighted by Crippen LogP contribution is 2.24. The van der Waals surface area contributed by atoms with Gasteiger partial charge < -0.3 is 9.74 Å². The lowest BCUT2D eigenvalue weighted by Gasteiger charge is -2.26. The van der Waals surface area contributed by atoms with Crippen LogP contribution in [0.5, 0.6) is 0 Å². The molecule has 4 nitrogen and oxygen atoms in total. The lowest BCUT2D eigenvalue weighted by atomic mass is 10.0. The number of carbonyl (C=O) groups is 1. The third kappa shape index (κ3) is 5.54. The van der Waals surface area contributed by atoms with Crippen LogP contribution in [0.3, 0.4) is 0 Å². The van der Waals surface area contributed by atoms with Crippen LogP contribution < -0.4 is 0 Å². The van der Waals surface area contributed by atoms with Gasteiger partial charge in [-0.1, -0.05) is 54.9 Å². The van der Waals surface area contributed by atoms with Crippen molar-refractivity contribution in [2.75, 3.05) is 6.54 Å². The Morgan fingerprint density at radius 2 is 2.03 bits per heavy atom. The minimum atomic E-state index is -0.673. The van der Waals surface area contributed by atoms with Gasteiger partial charge >= 0.3 is 0 Å². The van der Waals surface area contributed by atoms with Gasteiger partial charge in [0.15, 0.2) is 6.10 Å². The molecule has 29 heavy (non-hydrogen) atoms. The quantitative estimate of drug-likeness (QED) is 0.618. The van der Waals surface area contributed by atoms with Crippen LogP contribution in [0.25, 0.3) is 0 Å². The van der Waals surface area contributed by atoms with Crippen LogP contribution in [0.1, 0.15) is 37.8 Å². The molecule has 0 radical (unpaired) electrons. The Morgan fingerprint density at radius 1 is 1.28 bits per heavy atom. The molecule has 0 bridgehead atoms. The minimum absolute atomic E-state index is 0.0406. The highest BCUT2D eigenvalue weighted by Gasteiger charge is 2.28. The van der Waals surface area contributed by atoms with Gasteiger partial charge in [0, 0.05) is 41.6 Å². The molecule has 0 aromatic heterocycles. The number of rotatable bonds is 7. The molecule has 1 atom stereocenters. The molecule has 1 aliphatic heterocycles. The molecule has 0 unspecified atom stereocenters. The predicted molar refractivity (Wildman–Crippen MR) is 109 cm³/mol. The number of amides is 1. The second-order valence-corrected chi connectivity index (χ2v) is 7.96. The molecule has 2 aromatic carbocycles. The molecule has 0 N–H and O–H groups in total. The first-order valence-electron chi connectivity index (χ1n) is 9.52. The summed E-state index contributed by atoms with van der Waals surface area (Å²) in [4.78, 5) is 19.8. The van der Waals surface area contributed by atoms with Gasteiger partial charge in [0.05, 0.1) is 12.3 Å². The monoisotopic (exact) mass is 420 g/mol. The normalized spacial score (nSPS) is 15.9. The molecule has 0 aliphatic carbocycles. The zero-order valence-electron chi connectivity index (χ0n) is 16.4. The zero-order valence-corrected chi connectivity index (χ0v) is 17.1. The van der Waals surface area contributed by atoms with Crippen molar-refractivity contribution in [2.24, 2.45) is 11.1 Å². The number of halogens is 3. The van der Waals surface area contributed by atoms with Crippen LogP contribution in [0, 0.1) is 17.6 Å². The molecule has 0 spiro atoms. The van der Waals surface area contributed by atoms with E-state index >= 15 is 0 Å². The van der Waals surface area contributed by atoms with E-state index < -0.39 is 11.6 Å². The van der Waals surface area contributed by atoms with E-state index in [1.807, 2.05) is 32.0 Å². The van der Waals surface area contributed by atoms with Crippen molar-refractivity contribution in [1.29, 1.82) is 0 Å². The van der Waals surface area contributed by atoms with E-state index in [1.165, 1.54) is 12.1 Å². The van der Waals surface area contributed by atoms with Gasteiger partial charge in [-0.3, -0.25) is 4.79 Å². The maximum Gasteiger partial charge on any atom is 0.223 e. The van der Waals surface area contributed by atoms with Crippen LogP contribution in [-0.2, 0) is 16.2 Å². The van der Waals surface area contributed by atoms with Gasteiger partial charge in [-0.2, -0.15) is 0 Å². The number of oxime groups is 1. The summed E-state index contributed by atoms with van der Waals surface area (Å²) in [6.45, 7) is 4.18. The van der Waals surface area contributed by atoms with Crippen molar-refractivity contribution >= 4 is 23.2 Å². The molecule has 0 fully saturated rings. The van der Waals surface area contributed by atoms with Crippen molar-refractivity contribution < 1.29 is 18.4 Å². The SMILES string of the molecule is CC(C)CC(=O)N(Cc1ccc(F)cc1F)C[C@H]1CC(c2ccccc2Cl)=NO1. The first kappa shape index (κ1) is 21.2. The standard InChI is InChI=1S/C22H23ClF2N2O2/c1-14(2)9-22(28)27(12-15-7-8-16(24)10-20(15)25)13-17-11-21(26-29-17)18-5-3-4-6-19(18)23/h3-8,10,14,17H,9,11-13H2,1-2H3/t17-/m1/s1. The Hall–Kier alpha value is -2.47. The Kier molecular flexibility index (Phi) is 6.85. The highest BCUT2D eigenvalue weighted by atomic mass is 35.5. The molecule has 3 rings (SSSR count). The topological polar surface area (TPSA) is 41.9 Å². The van der Waals surface area contributed by atoms with Gasteiger partial charge in [0.2, 0.25) is 5.91 Å². The zero-order chi connectivity index (χ0) is 21.0. The van der Waals surface area contributed by atoms with Gasteiger partial charge in [-0.25, -0.2) is 8.78 Å². The van der Waals surface area contributed by atoms with E-state index in [9.17, 15) is 13.6 Å². The van der Waals surface area contributed by atoms with E-state index in [-0.39, 0.29) is 36.6 Å². The minimum Gasteiger partial charge on any atom is -0.390 e. The summed E-state index contributed by atoms with van der Waals surface area (Å²) in [5, 5.41) is 4.71. The third-order valence-electron chi connectivity index (χ3n) is 4.65. The molecule has 1 amide bonds. The van der Waals surface area contributed by atoms with Crippen LogP contribution in [-0.4, -0.2) is 29.2 Å². The van der Waals surface area contributed by atoms with Crippen molar-refractivity contribution in [1.82, 2.24) is 4.90 Å². The van der Waals surface area contributed by atoms with Gasteiger partial charge in [-0.05, 0) is 18.1 Å². The number of carbonyl (C=O) groups excluding carboxylic acids is 1. The van der Waals surface area contributed by atoms with E-state index in [0.717, 1.165) is 11.6 Å². The highest BCUT2D eigenvalue weighted by molar-refractivity contribution is 6.34. The smallest absolute Gasteiger partial charge is 0.223 e. The first-order valence-corrected chi connectivity index (χ1v) is 9.90. The van der Waals surface area contributed by atoms with Crippen LogP contribution in [0.2, 0.25) is 5.02 Å². The molecule has 154 valence electrons. The van der Waals surface area contributed by atoms with Crippen molar-refractivity contribution in [3.8, 4) is 0 Å². The lowest BCUT2D eigenvalue weighted by molar-refractivity contribution is -0.134. The number of hydrogen-bond acceptors (Lipinski definition) is 3. The fraction of sp³-hybridized carbons (Fsp3) is 0.364. The molecular weight excluding hydrogens is 398 g/mol.